The maximum Gasteiger partial charge on any atom is 0.412 e. The number of amides is 2. The minimum Gasteiger partial charge on any atom is -0.465 e. The number of anilines is 1. The van der Waals surface area contributed by atoms with Gasteiger partial charge in [0.15, 0.2) is 0 Å². The highest BCUT2D eigenvalue weighted by atomic mass is 16.4. The number of likely N-dealkylation sites (N-methyl/N-ethyl adjacent to an activating group) is 1. The predicted octanol–water partition coefficient (Wildman–Crippen LogP) is 2.02. The van der Waals surface area contributed by atoms with E-state index in [-0.39, 0.29) is 37.2 Å². The summed E-state index contributed by atoms with van der Waals surface area (Å²) in [7, 11) is 1.64. The normalized spacial score (nSPS) is 15.3. The van der Waals surface area contributed by atoms with E-state index >= 15 is 0 Å². The number of fused-ring (bicyclic) bond motifs is 3. The summed E-state index contributed by atoms with van der Waals surface area (Å²) in [6.45, 7) is 4.31. The third kappa shape index (κ3) is 4.66. The van der Waals surface area contributed by atoms with Crippen LogP contribution in [0.25, 0.3) is 11.0 Å². The SMILES string of the molecule is Cc1cc2c(c3nc(CCn4ccccc4=O)n(CC(=O)N(C)CCO)c13)CCC(C)N2C(=O)O. The number of hydrogen-bond acceptors (Lipinski definition) is 5. The molecular formula is C25H31N5O5. The lowest BCUT2D eigenvalue weighted by Gasteiger charge is -2.33. The van der Waals surface area contributed by atoms with E-state index < -0.39 is 6.09 Å². The number of aryl methyl sites for hydroxylation is 4. The van der Waals surface area contributed by atoms with E-state index in [0.717, 1.165) is 16.6 Å². The summed E-state index contributed by atoms with van der Waals surface area (Å²) in [5.41, 5.74) is 3.71. The number of carbonyl (C=O) groups excluding carboxylic acids is 1. The molecule has 2 amide bonds. The number of nitrogens with zero attached hydrogens (tertiary/aromatic N) is 5. The van der Waals surface area contributed by atoms with E-state index in [1.165, 1.54) is 15.9 Å². The van der Waals surface area contributed by atoms with Gasteiger partial charge in [0, 0.05) is 50.4 Å². The van der Waals surface area contributed by atoms with Gasteiger partial charge in [-0.3, -0.25) is 14.5 Å². The Balaban J connectivity index is 1.84. The molecule has 2 N–H and O–H groups in total. The Morgan fingerprint density at radius 2 is 2.06 bits per heavy atom. The topological polar surface area (TPSA) is 121 Å². The van der Waals surface area contributed by atoms with E-state index in [1.807, 2.05) is 24.5 Å². The smallest absolute Gasteiger partial charge is 0.412 e. The Hall–Kier alpha value is -3.66. The molecule has 3 heterocycles. The number of aromatic nitrogens is 3. The standard InChI is InChI=1S/C25H31N5O5/c1-16-14-19-18(8-7-17(2)30(19)25(34)35)23-24(16)29(15-22(33)27(3)12-13-31)20(26-23)9-11-28-10-5-4-6-21(28)32/h4-6,10,14,17,31H,7-9,11-13,15H2,1-3H3,(H,34,35). The number of aliphatic hydroxyl groups excluding tert-OH is 1. The van der Waals surface area contributed by atoms with Gasteiger partial charge in [0.05, 0.1) is 23.3 Å². The molecule has 1 aliphatic heterocycles. The summed E-state index contributed by atoms with van der Waals surface area (Å²) in [4.78, 5) is 44.9. The summed E-state index contributed by atoms with van der Waals surface area (Å²) in [5, 5.41) is 19.1. The van der Waals surface area contributed by atoms with Gasteiger partial charge in [-0.05, 0) is 44.4 Å². The van der Waals surface area contributed by atoms with Crippen LogP contribution in [-0.4, -0.2) is 67.5 Å². The molecule has 1 atom stereocenters. The first kappa shape index (κ1) is 24.5. The van der Waals surface area contributed by atoms with Gasteiger partial charge in [-0.1, -0.05) is 6.07 Å². The van der Waals surface area contributed by atoms with Crippen LogP contribution in [0, 0.1) is 6.92 Å². The molecular weight excluding hydrogens is 450 g/mol. The van der Waals surface area contributed by atoms with Crippen molar-refractivity contribution >= 4 is 28.7 Å². The molecule has 3 aromatic rings. The van der Waals surface area contributed by atoms with Gasteiger partial charge < -0.3 is 24.2 Å². The number of aliphatic hydroxyl groups is 1. The average Bonchev–Trinajstić information content (AvgIpc) is 3.17. The lowest BCUT2D eigenvalue weighted by atomic mass is 9.94. The number of hydrogen-bond donors (Lipinski definition) is 2. The van der Waals surface area contributed by atoms with E-state index in [4.69, 9.17) is 4.98 Å². The fraction of sp³-hybridized carbons (Fsp3) is 0.440. The fourth-order valence-corrected chi connectivity index (χ4v) is 4.82. The van der Waals surface area contributed by atoms with Crippen molar-refractivity contribution in [3.63, 3.8) is 0 Å². The maximum absolute atomic E-state index is 12.9. The largest absolute Gasteiger partial charge is 0.465 e. The zero-order chi connectivity index (χ0) is 25.3. The molecule has 10 nitrogen and oxygen atoms in total. The minimum absolute atomic E-state index is 0.0324. The molecule has 0 fully saturated rings. The van der Waals surface area contributed by atoms with Crippen LogP contribution in [0.1, 0.15) is 30.3 Å². The second kappa shape index (κ2) is 9.91. The molecule has 0 saturated heterocycles. The minimum atomic E-state index is -0.999. The summed E-state index contributed by atoms with van der Waals surface area (Å²) in [6, 6.07) is 6.71. The average molecular weight is 482 g/mol. The van der Waals surface area contributed by atoms with Gasteiger partial charge >= 0.3 is 6.09 Å². The summed E-state index contributed by atoms with van der Waals surface area (Å²) in [6.07, 6.45) is 2.50. The van der Waals surface area contributed by atoms with Crippen molar-refractivity contribution in [3.8, 4) is 0 Å². The second-order valence-corrected chi connectivity index (χ2v) is 9.06. The summed E-state index contributed by atoms with van der Waals surface area (Å²) < 4.78 is 3.47. The van der Waals surface area contributed by atoms with E-state index in [1.54, 1.807) is 29.9 Å². The van der Waals surface area contributed by atoms with Crippen LogP contribution in [0.5, 0.6) is 0 Å². The van der Waals surface area contributed by atoms with Crippen molar-refractivity contribution in [2.45, 2.75) is 52.2 Å². The van der Waals surface area contributed by atoms with Crippen LogP contribution >= 0.6 is 0 Å². The molecule has 1 aromatic carbocycles. The number of pyridine rings is 1. The van der Waals surface area contributed by atoms with Crippen LogP contribution in [0.2, 0.25) is 0 Å². The number of imidazole rings is 1. The van der Waals surface area contributed by atoms with E-state index in [0.29, 0.717) is 42.8 Å². The highest BCUT2D eigenvalue weighted by molar-refractivity contribution is 5.96. The van der Waals surface area contributed by atoms with Crippen molar-refractivity contribution in [3.05, 3.63) is 57.8 Å². The van der Waals surface area contributed by atoms with Crippen molar-refractivity contribution in [1.29, 1.82) is 0 Å². The molecule has 35 heavy (non-hydrogen) atoms. The summed E-state index contributed by atoms with van der Waals surface area (Å²) >= 11 is 0. The van der Waals surface area contributed by atoms with Gasteiger partial charge in [-0.2, -0.15) is 0 Å². The number of carboxylic acid groups (broad SMARTS) is 1. The first-order chi connectivity index (χ1) is 16.7. The molecule has 0 aliphatic carbocycles. The van der Waals surface area contributed by atoms with Crippen LogP contribution in [-0.2, 0) is 30.7 Å². The van der Waals surface area contributed by atoms with Crippen LogP contribution in [0.15, 0.2) is 35.3 Å². The monoisotopic (exact) mass is 481 g/mol. The van der Waals surface area contributed by atoms with Gasteiger partial charge in [0.1, 0.15) is 12.4 Å². The highest BCUT2D eigenvalue weighted by Gasteiger charge is 2.32. The molecule has 10 heteroatoms. The molecule has 1 aliphatic rings. The van der Waals surface area contributed by atoms with E-state index in [9.17, 15) is 24.6 Å². The third-order valence-electron chi connectivity index (χ3n) is 6.72. The Bertz CT molecular complexity index is 1330. The second-order valence-electron chi connectivity index (χ2n) is 9.06. The zero-order valence-electron chi connectivity index (χ0n) is 20.3. The maximum atomic E-state index is 12.9. The molecule has 0 saturated carbocycles. The lowest BCUT2D eigenvalue weighted by molar-refractivity contribution is -0.130. The van der Waals surface area contributed by atoms with Gasteiger partial charge in [-0.25, -0.2) is 9.78 Å². The zero-order valence-corrected chi connectivity index (χ0v) is 20.3. The van der Waals surface area contributed by atoms with Crippen molar-refractivity contribution in [1.82, 2.24) is 19.0 Å². The van der Waals surface area contributed by atoms with Crippen molar-refractivity contribution in [2.24, 2.45) is 0 Å². The van der Waals surface area contributed by atoms with Crippen LogP contribution in [0.4, 0.5) is 10.5 Å². The lowest BCUT2D eigenvalue weighted by Crippen LogP contribution is -2.41. The number of carbonyl (C=O) groups is 2. The molecule has 0 spiro atoms. The molecule has 0 radical (unpaired) electrons. The molecule has 1 unspecified atom stereocenters. The quantitative estimate of drug-likeness (QED) is 0.533. The van der Waals surface area contributed by atoms with Gasteiger partial charge in [0.25, 0.3) is 5.56 Å². The van der Waals surface area contributed by atoms with Crippen LogP contribution < -0.4 is 10.5 Å². The molecule has 4 rings (SSSR count). The van der Waals surface area contributed by atoms with Gasteiger partial charge in [-0.15, -0.1) is 0 Å². The predicted molar refractivity (Wildman–Crippen MR) is 132 cm³/mol. The fourth-order valence-electron chi connectivity index (χ4n) is 4.82. The molecule has 0 bridgehead atoms. The molecule has 186 valence electrons. The first-order valence-electron chi connectivity index (χ1n) is 11.8. The van der Waals surface area contributed by atoms with Crippen molar-refractivity contribution < 1.29 is 19.8 Å². The molecule has 2 aromatic heterocycles. The summed E-state index contributed by atoms with van der Waals surface area (Å²) in [5.74, 6) is 0.480. The number of rotatable bonds is 7. The Kier molecular flexibility index (Phi) is 6.93. The highest BCUT2D eigenvalue weighted by Crippen LogP contribution is 2.38. The Labute approximate surface area is 203 Å². The number of benzene rings is 1. The Morgan fingerprint density at radius 3 is 2.74 bits per heavy atom. The third-order valence-corrected chi connectivity index (χ3v) is 6.72. The van der Waals surface area contributed by atoms with Gasteiger partial charge in [0.2, 0.25) is 5.91 Å². The first-order valence-corrected chi connectivity index (χ1v) is 11.8. The van der Waals surface area contributed by atoms with Crippen molar-refractivity contribution in [2.75, 3.05) is 25.1 Å². The van der Waals surface area contributed by atoms with Crippen LogP contribution in [0.3, 0.4) is 0 Å². The Morgan fingerprint density at radius 1 is 1.29 bits per heavy atom. The van der Waals surface area contributed by atoms with E-state index in [2.05, 4.69) is 0 Å².